The Kier molecular flexibility index (Phi) is 2.61. The molecule has 0 aromatic carbocycles. The molecule has 1 rings (SSSR count). The molecule has 0 saturated heterocycles. The molecule has 72 valence electrons. The van der Waals surface area contributed by atoms with Crippen molar-refractivity contribution in [2.24, 2.45) is 5.73 Å². The van der Waals surface area contributed by atoms with Crippen molar-refractivity contribution in [1.29, 1.82) is 0 Å². The molecular formula is C9H12F2N2. The van der Waals surface area contributed by atoms with Gasteiger partial charge in [-0.25, -0.2) is 8.78 Å². The van der Waals surface area contributed by atoms with E-state index in [-0.39, 0.29) is 0 Å². The summed E-state index contributed by atoms with van der Waals surface area (Å²) in [5.41, 5.74) is 6.52. The second kappa shape index (κ2) is 3.38. The van der Waals surface area contributed by atoms with E-state index < -0.39 is 12.0 Å². The Bertz CT molecular complexity index is 294. The van der Waals surface area contributed by atoms with Crippen LogP contribution in [0.25, 0.3) is 0 Å². The topological polar surface area (TPSA) is 38.9 Å². The number of aromatic nitrogens is 1. The predicted octanol–water partition coefficient (Wildman–Crippen LogP) is 2.05. The van der Waals surface area contributed by atoms with Crippen LogP contribution in [0.2, 0.25) is 0 Å². The van der Waals surface area contributed by atoms with Gasteiger partial charge in [0.15, 0.2) is 0 Å². The van der Waals surface area contributed by atoms with Gasteiger partial charge >= 0.3 is 0 Å². The summed E-state index contributed by atoms with van der Waals surface area (Å²) in [6.07, 6.45) is 2.94. The fourth-order valence-electron chi connectivity index (χ4n) is 1.07. The summed E-state index contributed by atoms with van der Waals surface area (Å²) in [7, 11) is 0. The van der Waals surface area contributed by atoms with Gasteiger partial charge in [-0.05, 0) is 24.1 Å². The minimum absolute atomic E-state index is 0.398. The first-order valence-electron chi connectivity index (χ1n) is 3.97. The Morgan fingerprint density at radius 1 is 1.54 bits per heavy atom. The van der Waals surface area contributed by atoms with E-state index in [4.69, 9.17) is 5.73 Å². The van der Waals surface area contributed by atoms with E-state index in [1.807, 2.05) is 0 Å². The lowest BCUT2D eigenvalue weighted by atomic mass is 10.0. The molecule has 0 saturated carbocycles. The Balaban J connectivity index is 3.02. The normalized spacial score (nSPS) is 14.2. The van der Waals surface area contributed by atoms with Gasteiger partial charge in [-0.3, -0.25) is 4.98 Å². The summed E-state index contributed by atoms with van der Waals surface area (Å²) < 4.78 is 25.7. The number of nitrogens with two attached hydrogens (primary N) is 1. The summed E-state index contributed by atoms with van der Waals surface area (Å²) in [4.78, 5) is 3.77. The molecule has 2 nitrogen and oxygen atoms in total. The maximum Gasteiger partial charge on any atom is 0.264 e. The fraction of sp³-hybridized carbons (Fsp3) is 0.444. The Morgan fingerprint density at radius 2 is 2.15 bits per heavy atom. The average molecular weight is 186 g/mol. The summed E-state index contributed by atoms with van der Waals surface area (Å²) in [6, 6.07) is 0.391. The lowest BCUT2D eigenvalue weighted by molar-refractivity contribution is -0.00648. The quantitative estimate of drug-likeness (QED) is 0.767. The van der Waals surface area contributed by atoms with Gasteiger partial charge in [0.2, 0.25) is 0 Å². The van der Waals surface area contributed by atoms with Crippen molar-refractivity contribution in [3.05, 3.63) is 29.6 Å². The van der Waals surface area contributed by atoms with Crippen molar-refractivity contribution in [1.82, 2.24) is 4.98 Å². The SMILES string of the molecule is Cc1ccncc1C(N)C(C)(F)F. The summed E-state index contributed by atoms with van der Waals surface area (Å²) in [6.45, 7) is 2.55. The van der Waals surface area contributed by atoms with E-state index in [9.17, 15) is 8.78 Å². The summed E-state index contributed by atoms with van der Waals surface area (Å²) in [5, 5.41) is 0. The molecule has 4 heteroatoms. The number of nitrogens with zero attached hydrogens (tertiary/aromatic N) is 1. The van der Waals surface area contributed by atoms with Gasteiger partial charge in [-0.1, -0.05) is 0 Å². The molecule has 13 heavy (non-hydrogen) atoms. The van der Waals surface area contributed by atoms with Gasteiger partial charge in [-0.2, -0.15) is 0 Å². The number of alkyl halides is 2. The van der Waals surface area contributed by atoms with Crippen LogP contribution in [0.4, 0.5) is 8.78 Å². The van der Waals surface area contributed by atoms with Crippen molar-refractivity contribution >= 4 is 0 Å². The maximum atomic E-state index is 12.8. The standard InChI is InChI=1S/C9H12F2N2/c1-6-3-4-13-5-7(6)8(12)9(2,10)11/h3-5,8H,12H2,1-2H3. The van der Waals surface area contributed by atoms with Crippen LogP contribution < -0.4 is 5.73 Å². The van der Waals surface area contributed by atoms with Crippen molar-refractivity contribution in [2.75, 3.05) is 0 Å². The molecule has 0 fully saturated rings. The van der Waals surface area contributed by atoms with Gasteiger partial charge in [0.05, 0.1) is 6.04 Å². The first-order valence-corrected chi connectivity index (χ1v) is 3.97. The zero-order valence-electron chi connectivity index (χ0n) is 7.59. The molecule has 2 N–H and O–H groups in total. The van der Waals surface area contributed by atoms with E-state index in [0.717, 1.165) is 12.5 Å². The molecular weight excluding hydrogens is 174 g/mol. The molecule has 0 bridgehead atoms. The Hall–Kier alpha value is -1.03. The highest BCUT2D eigenvalue weighted by atomic mass is 19.3. The van der Waals surface area contributed by atoms with Crippen LogP contribution in [0.15, 0.2) is 18.5 Å². The Morgan fingerprint density at radius 3 is 2.62 bits per heavy atom. The minimum atomic E-state index is -2.91. The summed E-state index contributed by atoms with van der Waals surface area (Å²) in [5.74, 6) is -2.91. The highest BCUT2D eigenvalue weighted by molar-refractivity contribution is 5.26. The first-order chi connectivity index (χ1) is 5.93. The van der Waals surface area contributed by atoms with Gasteiger partial charge in [-0.15, -0.1) is 0 Å². The monoisotopic (exact) mass is 186 g/mol. The van der Waals surface area contributed by atoms with Crippen molar-refractivity contribution in [2.45, 2.75) is 25.8 Å². The van der Waals surface area contributed by atoms with Crippen LogP contribution in [0, 0.1) is 6.92 Å². The molecule has 1 aromatic rings. The number of hydrogen-bond acceptors (Lipinski definition) is 2. The average Bonchev–Trinajstić information content (AvgIpc) is 2.02. The van der Waals surface area contributed by atoms with Crippen LogP contribution >= 0.6 is 0 Å². The third-order valence-electron chi connectivity index (χ3n) is 1.96. The molecule has 0 aliphatic heterocycles. The van der Waals surface area contributed by atoms with Crippen LogP contribution in [0.3, 0.4) is 0 Å². The van der Waals surface area contributed by atoms with Crippen LogP contribution in [-0.2, 0) is 0 Å². The highest BCUT2D eigenvalue weighted by Crippen LogP contribution is 2.29. The summed E-state index contributed by atoms with van der Waals surface area (Å²) >= 11 is 0. The third-order valence-corrected chi connectivity index (χ3v) is 1.96. The van der Waals surface area contributed by atoms with E-state index in [0.29, 0.717) is 5.56 Å². The molecule has 1 atom stereocenters. The highest BCUT2D eigenvalue weighted by Gasteiger charge is 2.32. The predicted molar refractivity (Wildman–Crippen MR) is 46.5 cm³/mol. The molecule has 0 aliphatic rings. The molecule has 1 heterocycles. The van der Waals surface area contributed by atoms with Gasteiger partial charge < -0.3 is 5.73 Å². The van der Waals surface area contributed by atoms with Crippen molar-refractivity contribution in [3.8, 4) is 0 Å². The lowest BCUT2D eigenvalue weighted by Gasteiger charge is -2.20. The first kappa shape index (κ1) is 10.1. The number of halogens is 2. The molecule has 0 aliphatic carbocycles. The lowest BCUT2D eigenvalue weighted by Crippen LogP contribution is -2.30. The number of hydrogen-bond donors (Lipinski definition) is 1. The maximum absolute atomic E-state index is 12.8. The Labute approximate surface area is 75.8 Å². The molecule has 1 unspecified atom stereocenters. The van der Waals surface area contributed by atoms with Crippen LogP contribution in [-0.4, -0.2) is 10.9 Å². The third kappa shape index (κ3) is 2.21. The number of rotatable bonds is 2. The minimum Gasteiger partial charge on any atom is -0.319 e. The zero-order chi connectivity index (χ0) is 10.1. The second-order valence-electron chi connectivity index (χ2n) is 3.17. The van der Waals surface area contributed by atoms with Gasteiger partial charge in [0, 0.05) is 19.3 Å². The molecule has 1 aromatic heterocycles. The van der Waals surface area contributed by atoms with Crippen molar-refractivity contribution in [3.63, 3.8) is 0 Å². The van der Waals surface area contributed by atoms with Crippen molar-refractivity contribution < 1.29 is 8.78 Å². The smallest absolute Gasteiger partial charge is 0.264 e. The van der Waals surface area contributed by atoms with Gasteiger partial charge in [0.25, 0.3) is 5.92 Å². The zero-order valence-corrected chi connectivity index (χ0v) is 7.59. The van der Waals surface area contributed by atoms with E-state index in [2.05, 4.69) is 4.98 Å². The van der Waals surface area contributed by atoms with E-state index >= 15 is 0 Å². The van der Waals surface area contributed by atoms with E-state index in [1.165, 1.54) is 6.20 Å². The largest absolute Gasteiger partial charge is 0.319 e. The molecule has 0 spiro atoms. The fourth-order valence-corrected chi connectivity index (χ4v) is 1.07. The van der Waals surface area contributed by atoms with Crippen LogP contribution in [0.5, 0.6) is 0 Å². The number of pyridine rings is 1. The van der Waals surface area contributed by atoms with Crippen LogP contribution in [0.1, 0.15) is 24.1 Å². The van der Waals surface area contributed by atoms with E-state index in [1.54, 1.807) is 19.2 Å². The molecule has 0 radical (unpaired) electrons. The molecule has 0 amide bonds. The second-order valence-corrected chi connectivity index (χ2v) is 3.17. The number of aryl methyl sites for hydroxylation is 1. The van der Waals surface area contributed by atoms with Gasteiger partial charge in [0.1, 0.15) is 0 Å².